The maximum absolute atomic E-state index is 12.2. The summed E-state index contributed by atoms with van der Waals surface area (Å²) in [4.78, 5) is 12.2. The van der Waals surface area contributed by atoms with E-state index in [0.29, 0.717) is 20.9 Å². The third-order valence-corrected chi connectivity index (χ3v) is 3.76. The fourth-order valence-corrected chi connectivity index (χ4v) is 2.54. The van der Waals surface area contributed by atoms with Crippen molar-refractivity contribution in [2.45, 2.75) is 32.3 Å². The third kappa shape index (κ3) is 2.90. The zero-order valence-electron chi connectivity index (χ0n) is 11.3. The fraction of sp³-hybridized carbons (Fsp3) is 0.357. The molecule has 0 bridgehead atoms. The van der Waals surface area contributed by atoms with Crippen LogP contribution in [0.25, 0.3) is 10.9 Å². The summed E-state index contributed by atoms with van der Waals surface area (Å²) in [5.74, 6) is 0.229. The lowest BCUT2D eigenvalue weighted by atomic mass is 10.2. The minimum Gasteiger partial charge on any atom is -0.443 e. The van der Waals surface area contributed by atoms with Crippen molar-refractivity contribution in [1.82, 2.24) is 4.57 Å². The average Bonchev–Trinajstić information content (AvgIpc) is 2.71. The molecule has 0 aliphatic carbocycles. The molecule has 0 saturated carbocycles. The number of nitrogens with zero attached hydrogens (tertiary/aromatic N) is 1. The molecule has 0 amide bonds. The smallest absolute Gasteiger partial charge is 0.419 e. The largest absolute Gasteiger partial charge is 0.443 e. The Labute approximate surface area is 132 Å². The Morgan fingerprint density at radius 2 is 1.95 bits per heavy atom. The number of aromatic nitrogens is 1. The van der Waals surface area contributed by atoms with Gasteiger partial charge in [-0.15, -0.1) is 11.6 Å². The minimum atomic E-state index is -0.578. The van der Waals surface area contributed by atoms with Gasteiger partial charge < -0.3 is 4.74 Å². The maximum Gasteiger partial charge on any atom is 0.419 e. The molecule has 1 aromatic heterocycles. The fourth-order valence-electron chi connectivity index (χ4n) is 1.90. The molecule has 0 aliphatic heterocycles. The van der Waals surface area contributed by atoms with Gasteiger partial charge >= 0.3 is 6.09 Å². The lowest BCUT2D eigenvalue weighted by molar-refractivity contribution is 0.0544. The summed E-state index contributed by atoms with van der Waals surface area (Å²) in [5, 5.41) is 1.50. The molecule has 0 spiro atoms. The molecule has 1 aromatic carbocycles. The molecular formula is C14H14Cl3NO2. The molecule has 108 valence electrons. The number of hydrogen-bond donors (Lipinski definition) is 0. The van der Waals surface area contributed by atoms with Crippen LogP contribution in [0.4, 0.5) is 4.79 Å². The second-order valence-corrected chi connectivity index (χ2v) is 6.45. The Kier molecular flexibility index (Phi) is 4.24. The number of hydrogen-bond acceptors (Lipinski definition) is 2. The predicted molar refractivity (Wildman–Crippen MR) is 83.1 cm³/mol. The molecule has 0 fully saturated rings. The van der Waals surface area contributed by atoms with Crippen molar-refractivity contribution in [1.29, 1.82) is 0 Å². The number of halogens is 3. The van der Waals surface area contributed by atoms with Crippen molar-refractivity contribution in [3.8, 4) is 0 Å². The molecule has 1 heterocycles. The van der Waals surface area contributed by atoms with Crippen LogP contribution >= 0.6 is 34.8 Å². The van der Waals surface area contributed by atoms with Crippen LogP contribution in [-0.2, 0) is 10.6 Å². The van der Waals surface area contributed by atoms with Gasteiger partial charge in [0.1, 0.15) is 5.60 Å². The monoisotopic (exact) mass is 333 g/mol. The molecule has 2 aromatic rings. The number of alkyl halides is 1. The molecule has 2 rings (SSSR count). The first-order chi connectivity index (χ1) is 9.24. The van der Waals surface area contributed by atoms with E-state index in [9.17, 15) is 4.79 Å². The number of carbonyl (C=O) groups is 1. The van der Waals surface area contributed by atoms with Gasteiger partial charge in [-0.2, -0.15) is 0 Å². The predicted octanol–water partition coefficient (Wildman–Crippen LogP) is 5.47. The van der Waals surface area contributed by atoms with Crippen LogP contribution in [0.5, 0.6) is 0 Å². The van der Waals surface area contributed by atoms with Gasteiger partial charge in [-0.3, -0.25) is 4.57 Å². The van der Waals surface area contributed by atoms with E-state index in [1.54, 1.807) is 18.3 Å². The second kappa shape index (κ2) is 5.47. The average molecular weight is 335 g/mol. The topological polar surface area (TPSA) is 31.2 Å². The van der Waals surface area contributed by atoms with Crippen LogP contribution in [-0.4, -0.2) is 16.3 Å². The molecule has 6 heteroatoms. The summed E-state index contributed by atoms with van der Waals surface area (Å²) >= 11 is 18.1. The van der Waals surface area contributed by atoms with E-state index in [0.717, 1.165) is 5.56 Å². The lowest BCUT2D eigenvalue weighted by Gasteiger charge is -2.19. The van der Waals surface area contributed by atoms with Gasteiger partial charge in [0.15, 0.2) is 0 Å². The summed E-state index contributed by atoms with van der Waals surface area (Å²) in [5.41, 5.74) is 0.787. The van der Waals surface area contributed by atoms with Crippen LogP contribution in [0.1, 0.15) is 26.3 Å². The van der Waals surface area contributed by atoms with E-state index in [1.165, 1.54) is 4.57 Å². The van der Waals surface area contributed by atoms with E-state index in [2.05, 4.69) is 0 Å². The van der Waals surface area contributed by atoms with Gasteiger partial charge in [-0.25, -0.2) is 4.79 Å². The first kappa shape index (κ1) is 15.5. The second-order valence-electron chi connectivity index (χ2n) is 5.39. The van der Waals surface area contributed by atoms with Crippen molar-refractivity contribution in [3.63, 3.8) is 0 Å². The van der Waals surface area contributed by atoms with Gasteiger partial charge in [0, 0.05) is 17.5 Å². The van der Waals surface area contributed by atoms with E-state index in [4.69, 9.17) is 39.5 Å². The van der Waals surface area contributed by atoms with Crippen LogP contribution in [0, 0.1) is 0 Å². The van der Waals surface area contributed by atoms with Crippen molar-refractivity contribution in [2.24, 2.45) is 0 Å². The minimum absolute atomic E-state index is 0.229. The number of benzene rings is 1. The van der Waals surface area contributed by atoms with E-state index in [1.807, 2.05) is 20.8 Å². The number of ether oxygens (including phenoxy) is 1. The SMILES string of the molecule is CC(C)(C)OC(=O)n1cc(CCl)c2c(Cl)c(Cl)ccc21. The van der Waals surface area contributed by atoms with Gasteiger partial charge in [-0.1, -0.05) is 23.2 Å². The highest BCUT2D eigenvalue weighted by molar-refractivity contribution is 6.45. The summed E-state index contributed by atoms with van der Waals surface area (Å²) in [6.45, 7) is 5.43. The molecular weight excluding hydrogens is 321 g/mol. The zero-order valence-corrected chi connectivity index (χ0v) is 13.6. The van der Waals surface area contributed by atoms with Gasteiger partial charge in [-0.05, 0) is 38.5 Å². The van der Waals surface area contributed by atoms with Crippen molar-refractivity contribution in [3.05, 3.63) is 33.9 Å². The quantitative estimate of drug-likeness (QED) is 0.647. The number of carbonyl (C=O) groups excluding carboxylic acids is 1. The molecule has 0 aliphatic rings. The number of fused-ring (bicyclic) bond motifs is 1. The van der Waals surface area contributed by atoms with Crippen molar-refractivity contribution < 1.29 is 9.53 Å². The molecule has 0 atom stereocenters. The Bertz CT molecular complexity index is 671. The summed E-state index contributed by atoms with van der Waals surface area (Å²) in [7, 11) is 0. The van der Waals surface area contributed by atoms with Crippen molar-refractivity contribution in [2.75, 3.05) is 0 Å². The Hall–Kier alpha value is -0.900. The van der Waals surface area contributed by atoms with Gasteiger partial charge in [0.2, 0.25) is 0 Å². The van der Waals surface area contributed by atoms with E-state index < -0.39 is 11.7 Å². The summed E-state index contributed by atoms with van der Waals surface area (Å²) < 4.78 is 6.77. The first-order valence-electron chi connectivity index (χ1n) is 6.02. The third-order valence-electron chi connectivity index (χ3n) is 2.67. The van der Waals surface area contributed by atoms with Gasteiger partial charge in [0.05, 0.1) is 15.6 Å². The maximum atomic E-state index is 12.2. The first-order valence-corrected chi connectivity index (χ1v) is 7.31. The van der Waals surface area contributed by atoms with Crippen molar-refractivity contribution >= 4 is 51.8 Å². The summed E-state index contributed by atoms with van der Waals surface area (Å²) in [6.07, 6.45) is 1.16. The summed E-state index contributed by atoms with van der Waals surface area (Å²) in [6, 6.07) is 3.37. The molecule has 0 radical (unpaired) electrons. The molecule has 0 unspecified atom stereocenters. The van der Waals surface area contributed by atoms with Crippen LogP contribution < -0.4 is 0 Å². The molecule has 20 heavy (non-hydrogen) atoms. The van der Waals surface area contributed by atoms with E-state index in [-0.39, 0.29) is 5.88 Å². The van der Waals surface area contributed by atoms with Crippen LogP contribution in [0.3, 0.4) is 0 Å². The van der Waals surface area contributed by atoms with Crippen LogP contribution in [0.15, 0.2) is 18.3 Å². The van der Waals surface area contributed by atoms with Crippen LogP contribution in [0.2, 0.25) is 10.0 Å². The zero-order chi connectivity index (χ0) is 15.1. The highest BCUT2D eigenvalue weighted by Gasteiger charge is 2.22. The Balaban J connectivity index is 2.61. The highest BCUT2D eigenvalue weighted by Crippen LogP contribution is 2.35. The number of rotatable bonds is 1. The Morgan fingerprint density at radius 3 is 2.50 bits per heavy atom. The normalized spacial score (nSPS) is 11.9. The van der Waals surface area contributed by atoms with Gasteiger partial charge in [0.25, 0.3) is 0 Å². The molecule has 3 nitrogen and oxygen atoms in total. The standard InChI is InChI=1S/C14H14Cl3NO2/c1-14(2,3)20-13(19)18-7-8(6-15)11-10(18)5-4-9(16)12(11)17/h4-5,7H,6H2,1-3H3. The highest BCUT2D eigenvalue weighted by atomic mass is 35.5. The van der Waals surface area contributed by atoms with E-state index >= 15 is 0 Å². The Morgan fingerprint density at radius 1 is 1.30 bits per heavy atom. The molecule has 0 N–H and O–H groups in total. The molecule has 0 saturated heterocycles. The lowest BCUT2D eigenvalue weighted by Crippen LogP contribution is -2.26.